The predicted octanol–water partition coefficient (Wildman–Crippen LogP) is 0.307. The topological polar surface area (TPSA) is 32.3 Å². The van der Waals surface area contributed by atoms with E-state index in [-0.39, 0.29) is 11.9 Å². The van der Waals surface area contributed by atoms with Crippen molar-refractivity contribution in [3.63, 3.8) is 0 Å². The van der Waals surface area contributed by atoms with Crippen LogP contribution in [0.1, 0.15) is 20.3 Å². The Morgan fingerprint density at radius 3 is 2.69 bits per heavy atom. The Kier molecular flexibility index (Phi) is 1.84. The molecule has 1 N–H and O–H groups in total. The molecule has 1 amide bonds. The quantitative estimate of drug-likeness (QED) is 0.639. The number of alkyl halides is 1. The van der Waals surface area contributed by atoms with Gasteiger partial charge in [-0.15, -0.1) is 0 Å². The summed E-state index contributed by atoms with van der Waals surface area (Å²) >= 11 is 0. The van der Waals surface area contributed by atoms with Gasteiger partial charge in [-0.3, -0.25) is 4.79 Å². The first-order valence-electron chi connectivity index (χ1n) is 4.72. The Morgan fingerprint density at radius 1 is 1.62 bits per heavy atom. The minimum absolute atomic E-state index is 0.229. The number of nitrogens with zero attached hydrogens (tertiary/aromatic N) is 1. The summed E-state index contributed by atoms with van der Waals surface area (Å²) < 4.78 is 13.3. The van der Waals surface area contributed by atoms with Gasteiger partial charge in [0.25, 0.3) is 5.91 Å². The van der Waals surface area contributed by atoms with Gasteiger partial charge >= 0.3 is 0 Å². The van der Waals surface area contributed by atoms with Gasteiger partial charge in [0.2, 0.25) is 0 Å². The summed E-state index contributed by atoms with van der Waals surface area (Å²) in [6, 6.07) is 0.629. The highest BCUT2D eigenvalue weighted by atomic mass is 19.1. The first-order chi connectivity index (χ1) is 5.98. The van der Waals surface area contributed by atoms with Crippen LogP contribution in [0, 0.1) is 0 Å². The number of hydrogen-bond acceptors (Lipinski definition) is 2. The van der Waals surface area contributed by atoms with Gasteiger partial charge in [0.1, 0.15) is 0 Å². The molecule has 13 heavy (non-hydrogen) atoms. The first kappa shape index (κ1) is 8.94. The maximum absolute atomic E-state index is 13.3. The molecule has 2 atom stereocenters. The van der Waals surface area contributed by atoms with E-state index in [9.17, 15) is 9.18 Å². The van der Waals surface area contributed by atoms with Gasteiger partial charge in [-0.1, -0.05) is 0 Å². The molecule has 0 spiro atoms. The second kappa shape index (κ2) is 2.67. The molecule has 2 aliphatic rings. The SMILES string of the molecule is CC(C)(F)C(=O)N1CC2CC1CN2. The van der Waals surface area contributed by atoms with Crippen LogP contribution in [0.25, 0.3) is 0 Å². The van der Waals surface area contributed by atoms with Gasteiger partial charge in [-0.25, -0.2) is 4.39 Å². The van der Waals surface area contributed by atoms with E-state index in [0.717, 1.165) is 13.0 Å². The van der Waals surface area contributed by atoms with Crippen LogP contribution in [0.3, 0.4) is 0 Å². The highest BCUT2D eigenvalue weighted by molar-refractivity contribution is 5.85. The average Bonchev–Trinajstić information content (AvgIpc) is 2.60. The van der Waals surface area contributed by atoms with Crippen LogP contribution < -0.4 is 5.32 Å². The number of piperazine rings is 1. The molecule has 2 unspecified atom stereocenters. The number of likely N-dealkylation sites (tertiary alicyclic amines) is 1. The van der Waals surface area contributed by atoms with Crippen LogP contribution in [0.15, 0.2) is 0 Å². The molecule has 0 aromatic rings. The molecule has 0 aliphatic carbocycles. The molecule has 4 heteroatoms. The summed E-state index contributed by atoms with van der Waals surface area (Å²) in [4.78, 5) is 13.3. The fourth-order valence-corrected chi connectivity index (χ4v) is 2.15. The molecular weight excluding hydrogens is 171 g/mol. The molecule has 2 saturated heterocycles. The normalized spacial score (nSPS) is 32.7. The largest absolute Gasteiger partial charge is 0.334 e. The monoisotopic (exact) mass is 186 g/mol. The number of fused-ring (bicyclic) bond motifs is 2. The molecule has 2 rings (SSSR count). The lowest BCUT2D eigenvalue weighted by atomic mass is 10.1. The number of hydrogen-bond donors (Lipinski definition) is 1. The molecule has 2 aliphatic heterocycles. The van der Waals surface area contributed by atoms with Gasteiger partial charge in [-0.2, -0.15) is 0 Å². The molecule has 2 heterocycles. The summed E-state index contributed by atoms with van der Waals surface area (Å²) in [5, 5.41) is 3.28. The molecule has 0 saturated carbocycles. The van der Waals surface area contributed by atoms with Gasteiger partial charge in [0.15, 0.2) is 5.67 Å². The number of halogens is 1. The molecule has 0 aromatic carbocycles. The summed E-state index contributed by atoms with van der Waals surface area (Å²) in [7, 11) is 0. The molecule has 2 bridgehead atoms. The van der Waals surface area contributed by atoms with Crippen LogP contribution in [0.2, 0.25) is 0 Å². The number of rotatable bonds is 1. The van der Waals surface area contributed by atoms with Crippen LogP contribution in [0.5, 0.6) is 0 Å². The lowest BCUT2D eigenvalue weighted by Crippen LogP contribution is -2.51. The van der Waals surface area contributed by atoms with E-state index in [1.807, 2.05) is 0 Å². The molecular formula is C9H15FN2O. The number of nitrogens with one attached hydrogen (secondary N) is 1. The minimum atomic E-state index is -1.72. The van der Waals surface area contributed by atoms with E-state index in [0.29, 0.717) is 12.6 Å². The van der Waals surface area contributed by atoms with Crippen molar-refractivity contribution in [1.82, 2.24) is 10.2 Å². The van der Waals surface area contributed by atoms with E-state index in [2.05, 4.69) is 5.32 Å². The van der Waals surface area contributed by atoms with Crippen LogP contribution in [0.4, 0.5) is 4.39 Å². The average molecular weight is 186 g/mol. The van der Waals surface area contributed by atoms with Crippen molar-refractivity contribution in [2.45, 2.75) is 38.0 Å². The van der Waals surface area contributed by atoms with Crippen molar-refractivity contribution in [3.05, 3.63) is 0 Å². The standard InChI is InChI=1S/C9H15FN2O/c1-9(2,10)8(13)12-5-6-3-7(12)4-11-6/h6-7,11H,3-5H2,1-2H3. The van der Waals surface area contributed by atoms with E-state index < -0.39 is 5.67 Å². The van der Waals surface area contributed by atoms with Crippen LogP contribution in [-0.4, -0.2) is 41.6 Å². The summed E-state index contributed by atoms with van der Waals surface area (Å²) in [5.74, 6) is -0.360. The zero-order valence-corrected chi connectivity index (χ0v) is 8.01. The second-order valence-electron chi connectivity index (χ2n) is 4.42. The van der Waals surface area contributed by atoms with Gasteiger partial charge in [-0.05, 0) is 20.3 Å². The molecule has 0 radical (unpaired) electrons. The lowest BCUT2D eigenvalue weighted by molar-refractivity contribution is -0.143. The van der Waals surface area contributed by atoms with Crippen molar-refractivity contribution < 1.29 is 9.18 Å². The van der Waals surface area contributed by atoms with Gasteiger partial charge in [0, 0.05) is 25.2 Å². The third kappa shape index (κ3) is 1.43. The van der Waals surface area contributed by atoms with E-state index >= 15 is 0 Å². The van der Waals surface area contributed by atoms with E-state index in [1.165, 1.54) is 13.8 Å². The van der Waals surface area contributed by atoms with Gasteiger partial charge < -0.3 is 10.2 Å². The zero-order chi connectivity index (χ0) is 9.64. The second-order valence-corrected chi connectivity index (χ2v) is 4.42. The Hall–Kier alpha value is -0.640. The molecule has 74 valence electrons. The van der Waals surface area contributed by atoms with Crippen molar-refractivity contribution in [3.8, 4) is 0 Å². The zero-order valence-electron chi connectivity index (χ0n) is 8.01. The molecule has 3 nitrogen and oxygen atoms in total. The summed E-state index contributed by atoms with van der Waals surface area (Å²) in [6.45, 7) is 4.16. The number of carbonyl (C=O) groups excluding carboxylic acids is 1. The van der Waals surface area contributed by atoms with Gasteiger partial charge in [0.05, 0.1) is 0 Å². The van der Waals surface area contributed by atoms with Crippen LogP contribution in [-0.2, 0) is 4.79 Å². The summed E-state index contributed by atoms with van der Waals surface area (Å²) in [6.07, 6.45) is 0.988. The Bertz CT molecular complexity index is 236. The highest BCUT2D eigenvalue weighted by Gasteiger charge is 2.44. The highest BCUT2D eigenvalue weighted by Crippen LogP contribution is 2.26. The Labute approximate surface area is 77.3 Å². The third-order valence-corrected chi connectivity index (χ3v) is 2.83. The third-order valence-electron chi connectivity index (χ3n) is 2.83. The number of carbonyl (C=O) groups is 1. The lowest BCUT2D eigenvalue weighted by Gasteiger charge is -2.30. The fourth-order valence-electron chi connectivity index (χ4n) is 2.15. The van der Waals surface area contributed by atoms with Crippen molar-refractivity contribution >= 4 is 5.91 Å². The molecule has 2 fully saturated rings. The number of amides is 1. The fraction of sp³-hybridized carbons (Fsp3) is 0.889. The minimum Gasteiger partial charge on any atom is -0.334 e. The van der Waals surface area contributed by atoms with Crippen LogP contribution >= 0.6 is 0 Å². The maximum atomic E-state index is 13.3. The maximum Gasteiger partial charge on any atom is 0.260 e. The Balaban J connectivity index is 2.07. The van der Waals surface area contributed by atoms with E-state index in [1.54, 1.807) is 4.90 Å². The predicted molar refractivity (Wildman–Crippen MR) is 47.1 cm³/mol. The van der Waals surface area contributed by atoms with Crippen molar-refractivity contribution in [2.75, 3.05) is 13.1 Å². The first-order valence-corrected chi connectivity index (χ1v) is 4.72. The van der Waals surface area contributed by atoms with E-state index in [4.69, 9.17) is 0 Å². The smallest absolute Gasteiger partial charge is 0.260 e. The van der Waals surface area contributed by atoms with Crippen molar-refractivity contribution in [1.29, 1.82) is 0 Å². The molecule has 0 aromatic heterocycles. The Morgan fingerprint density at radius 2 is 2.31 bits per heavy atom. The van der Waals surface area contributed by atoms with Crippen molar-refractivity contribution in [2.24, 2.45) is 0 Å². The summed E-state index contributed by atoms with van der Waals surface area (Å²) in [5.41, 5.74) is -1.72.